The smallest absolute Gasteiger partial charge is 0.356 e. The second-order valence-electron chi connectivity index (χ2n) is 10.5. The molecule has 1 aromatic carbocycles. The van der Waals surface area contributed by atoms with Crippen molar-refractivity contribution in [2.75, 3.05) is 37.6 Å². The van der Waals surface area contributed by atoms with Crippen molar-refractivity contribution >= 4 is 17.4 Å². The van der Waals surface area contributed by atoms with Crippen LogP contribution in [0.5, 0.6) is 0 Å². The molecule has 0 saturated carbocycles. The standard InChI is InChI=1S/C26H28ClF4N7/c1-16-2-5-22(32-24(16)28)36-8-6-17(7-9-36)25-34-33-23-14-37(20-12-35(13-20)15-26(29,30)31)11-18-10-19(27)3-4-21(18)38(23)25/h2-5,10,17,20H,6-9,11-15H2,1H3. The van der Waals surface area contributed by atoms with Crippen molar-refractivity contribution in [2.45, 2.75) is 51.0 Å². The average molecular weight is 550 g/mol. The molecule has 0 spiro atoms. The van der Waals surface area contributed by atoms with E-state index in [-0.39, 0.29) is 12.0 Å². The maximum atomic E-state index is 14.0. The molecular formula is C26H28ClF4N7. The molecule has 0 radical (unpaired) electrons. The van der Waals surface area contributed by atoms with Gasteiger partial charge in [0.1, 0.15) is 11.6 Å². The minimum atomic E-state index is -4.20. The second-order valence-corrected chi connectivity index (χ2v) is 10.9. The Morgan fingerprint density at radius 1 is 1.03 bits per heavy atom. The number of aryl methyl sites for hydroxylation is 1. The van der Waals surface area contributed by atoms with Crippen LogP contribution in [0.25, 0.3) is 5.69 Å². The van der Waals surface area contributed by atoms with Crippen LogP contribution in [0.2, 0.25) is 5.02 Å². The van der Waals surface area contributed by atoms with Crippen LogP contribution in [-0.2, 0) is 13.1 Å². The predicted molar refractivity (Wildman–Crippen MR) is 135 cm³/mol. The molecular weight excluding hydrogens is 522 g/mol. The van der Waals surface area contributed by atoms with Crippen LogP contribution in [0.4, 0.5) is 23.4 Å². The number of hydrogen-bond acceptors (Lipinski definition) is 6. The lowest BCUT2D eigenvalue weighted by atomic mass is 9.95. The number of benzene rings is 1. The van der Waals surface area contributed by atoms with Crippen LogP contribution >= 0.6 is 11.6 Å². The van der Waals surface area contributed by atoms with Gasteiger partial charge in [-0.1, -0.05) is 17.7 Å². The summed E-state index contributed by atoms with van der Waals surface area (Å²) in [5.41, 5.74) is 2.49. The molecule has 202 valence electrons. The molecule has 3 aliphatic heterocycles. The average Bonchev–Trinajstić information content (AvgIpc) is 3.18. The van der Waals surface area contributed by atoms with Crippen LogP contribution in [0.1, 0.15) is 41.5 Å². The highest BCUT2D eigenvalue weighted by molar-refractivity contribution is 6.30. The van der Waals surface area contributed by atoms with Gasteiger partial charge in [0.15, 0.2) is 5.82 Å². The number of fused-ring (bicyclic) bond motifs is 3. The molecule has 0 atom stereocenters. The molecule has 38 heavy (non-hydrogen) atoms. The second kappa shape index (κ2) is 9.77. The molecule has 5 heterocycles. The quantitative estimate of drug-likeness (QED) is 0.347. The van der Waals surface area contributed by atoms with E-state index < -0.39 is 18.7 Å². The number of piperidine rings is 1. The van der Waals surface area contributed by atoms with E-state index >= 15 is 0 Å². The van der Waals surface area contributed by atoms with Gasteiger partial charge in [-0.05, 0) is 49.6 Å². The lowest BCUT2D eigenvalue weighted by Crippen LogP contribution is -2.60. The van der Waals surface area contributed by atoms with E-state index in [4.69, 9.17) is 11.6 Å². The molecule has 7 nitrogen and oxygen atoms in total. The fraction of sp³-hybridized carbons (Fsp3) is 0.500. The Bertz CT molecular complexity index is 1330. The van der Waals surface area contributed by atoms with E-state index in [1.807, 2.05) is 24.3 Å². The molecule has 0 amide bonds. The van der Waals surface area contributed by atoms with Crippen LogP contribution in [0.15, 0.2) is 30.3 Å². The van der Waals surface area contributed by atoms with E-state index in [2.05, 4.69) is 29.5 Å². The number of aromatic nitrogens is 4. The molecule has 6 rings (SSSR count). The van der Waals surface area contributed by atoms with Gasteiger partial charge in [0.05, 0.1) is 18.8 Å². The monoisotopic (exact) mass is 549 g/mol. The van der Waals surface area contributed by atoms with Crippen LogP contribution in [0.3, 0.4) is 0 Å². The topological polar surface area (TPSA) is 53.3 Å². The number of nitrogens with zero attached hydrogens (tertiary/aromatic N) is 7. The van der Waals surface area contributed by atoms with Gasteiger partial charge in [0, 0.05) is 55.3 Å². The van der Waals surface area contributed by atoms with Crippen LogP contribution in [-0.4, -0.2) is 74.5 Å². The SMILES string of the molecule is Cc1ccc(N2CCC(c3nnc4n3-c3ccc(Cl)cc3CN(C3CN(CC(F)(F)F)C3)C4)CC2)nc1F. The first-order valence-corrected chi connectivity index (χ1v) is 13.2. The predicted octanol–water partition coefficient (Wildman–Crippen LogP) is 4.71. The van der Waals surface area contributed by atoms with Gasteiger partial charge in [-0.15, -0.1) is 10.2 Å². The largest absolute Gasteiger partial charge is 0.401 e. The minimum absolute atomic E-state index is 0.00141. The Balaban J connectivity index is 1.23. The Morgan fingerprint density at radius 3 is 2.50 bits per heavy atom. The zero-order valence-corrected chi connectivity index (χ0v) is 21.7. The van der Waals surface area contributed by atoms with Crippen LogP contribution < -0.4 is 4.90 Å². The van der Waals surface area contributed by atoms with Crippen LogP contribution in [0, 0.1) is 12.9 Å². The van der Waals surface area contributed by atoms with Crippen molar-refractivity contribution in [3.63, 3.8) is 0 Å². The first-order chi connectivity index (χ1) is 18.1. The fourth-order valence-electron chi connectivity index (χ4n) is 5.77. The van der Waals surface area contributed by atoms with Gasteiger partial charge in [0.25, 0.3) is 0 Å². The third-order valence-electron chi connectivity index (χ3n) is 7.82. The summed E-state index contributed by atoms with van der Waals surface area (Å²) in [6.07, 6.45) is -2.56. The zero-order valence-electron chi connectivity index (χ0n) is 20.9. The molecule has 0 N–H and O–H groups in total. The van der Waals surface area contributed by atoms with Crippen molar-refractivity contribution < 1.29 is 17.6 Å². The lowest BCUT2D eigenvalue weighted by Gasteiger charge is -2.45. The number of rotatable bonds is 4. The van der Waals surface area contributed by atoms with Gasteiger partial charge in [0.2, 0.25) is 5.95 Å². The van der Waals surface area contributed by atoms with Crippen molar-refractivity contribution in [2.24, 2.45) is 0 Å². The molecule has 0 unspecified atom stereocenters. The number of pyridine rings is 1. The van der Waals surface area contributed by atoms with E-state index in [0.29, 0.717) is 42.6 Å². The van der Waals surface area contributed by atoms with Crippen molar-refractivity contribution in [1.29, 1.82) is 0 Å². The molecule has 0 bridgehead atoms. The first-order valence-electron chi connectivity index (χ1n) is 12.8. The summed E-state index contributed by atoms with van der Waals surface area (Å²) in [6, 6.07) is 9.35. The summed E-state index contributed by atoms with van der Waals surface area (Å²) >= 11 is 6.36. The molecule has 0 aliphatic carbocycles. The highest BCUT2D eigenvalue weighted by Crippen LogP contribution is 2.35. The summed E-state index contributed by atoms with van der Waals surface area (Å²) in [6.45, 7) is 4.05. The Labute approximate surface area is 223 Å². The van der Waals surface area contributed by atoms with E-state index in [1.54, 1.807) is 13.0 Å². The number of alkyl halides is 3. The summed E-state index contributed by atoms with van der Waals surface area (Å²) in [4.78, 5) is 9.81. The van der Waals surface area contributed by atoms with Crippen molar-refractivity contribution in [3.05, 3.63) is 64.1 Å². The summed E-state index contributed by atoms with van der Waals surface area (Å²) in [5.74, 6) is 2.01. The summed E-state index contributed by atoms with van der Waals surface area (Å²) in [5, 5.41) is 9.77. The molecule has 12 heteroatoms. The third kappa shape index (κ3) is 4.99. The maximum Gasteiger partial charge on any atom is 0.401 e. The van der Waals surface area contributed by atoms with Gasteiger partial charge in [-0.3, -0.25) is 14.4 Å². The highest BCUT2D eigenvalue weighted by atomic mass is 35.5. The van der Waals surface area contributed by atoms with Gasteiger partial charge in [-0.25, -0.2) is 4.98 Å². The molecule has 3 aliphatic rings. The Morgan fingerprint density at radius 2 is 1.79 bits per heavy atom. The van der Waals surface area contributed by atoms with Crippen molar-refractivity contribution in [3.8, 4) is 5.69 Å². The number of hydrogen-bond donors (Lipinski definition) is 0. The molecule has 2 aromatic heterocycles. The zero-order chi connectivity index (χ0) is 26.6. The molecule has 3 aromatic rings. The van der Waals surface area contributed by atoms with E-state index in [0.717, 1.165) is 48.8 Å². The Hall–Kier alpha value is -2.76. The van der Waals surface area contributed by atoms with E-state index in [9.17, 15) is 17.6 Å². The number of likely N-dealkylation sites (tertiary alicyclic amines) is 1. The summed E-state index contributed by atoms with van der Waals surface area (Å²) < 4.78 is 54.6. The maximum absolute atomic E-state index is 14.0. The third-order valence-corrected chi connectivity index (χ3v) is 8.05. The normalized spacial score (nSPS) is 19.7. The number of anilines is 1. The van der Waals surface area contributed by atoms with Gasteiger partial charge < -0.3 is 4.90 Å². The first kappa shape index (κ1) is 25.5. The Kier molecular flexibility index (Phi) is 6.56. The van der Waals surface area contributed by atoms with Gasteiger partial charge in [-0.2, -0.15) is 17.6 Å². The molecule has 2 saturated heterocycles. The minimum Gasteiger partial charge on any atom is -0.356 e. The van der Waals surface area contributed by atoms with Gasteiger partial charge >= 0.3 is 6.18 Å². The highest BCUT2D eigenvalue weighted by Gasteiger charge is 2.40. The lowest BCUT2D eigenvalue weighted by molar-refractivity contribution is -0.161. The summed E-state index contributed by atoms with van der Waals surface area (Å²) in [7, 11) is 0. The fourth-order valence-corrected chi connectivity index (χ4v) is 5.96. The van der Waals surface area contributed by atoms with E-state index in [1.165, 1.54) is 4.90 Å². The molecule has 2 fully saturated rings. The van der Waals surface area contributed by atoms with Crippen molar-refractivity contribution in [1.82, 2.24) is 29.5 Å². The number of halogens is 5.